The van der Waals surface area contributed by atoms with Crippen molar-refractivity contribution in [3.63, 3.8) is 0 Å². The summed E-state index contributed by atoms with van der Waals surface area (Å²) >= 11 is 1.56. The number of carbonyl (C=O) groups is 1. The lowest BCUT2D eigenvalue weighted by molar-refractivity contribution is 0.0939. The molecule has 1 N–H and O–H groups in total. The highest BCUT2D eigenvalue weighted by atomic mass is 32.1. The number of likely N-dealkylation sites (tertiary alicyclic amines) is 1. The third-order valence-corrected chi connectivity index (χ3v) is 4.09. The molecule has 17 heavy (non-hydrogen) atoms. The van der Waals surface area contributed by atoms with Crippen molar-refractivity contribution in [2.45, 2.75) is 32.2 Å². The second-order valence-corrected chi connectivity index (χ2v) is 5.43. The van der Waals surface area contributed by atoms with Crippen LogP contribution in [0, 0.1) is 0 Å². The highest BCUT2D eigenvalue weighted by molar-refractivity contribution is 7.08. The molecule has 0 bridgehead atoms. The van der Waals surface area contributed by atoms with Gasteiger partial charge in [0.15, 0.2) is 0 Å². The van der Waals surface area contributed by atoms with Crippen molar-refractivity contribution >= 4 is 17.2 Å². The van der Waals surface area contributed by atoms with E-state index in [4.69, 9.17) is 0 Å². The molecule has 1 saturated heterocycles. The average molecular weight is 252 g/mol. The Hall–Kier alpha value is -0.870. The summed E-state index contributed by atoms with van der Waals surface area (Å²) in [7, 11) is 0. The Labute approximate surface area is 107 Å². The summed E-state index contributed by atoms with van der Waals surface area (Å²) in [6, 6.07) is 2.53. The normalized spacial score (nSPS) is 21.4. The van der Waals surface area contributed by atoms with E-state index in [9.17, 15) is 4.79 Å². The second-order valence-electron chi connectivity index (χ2n) is 4.65. The fourth-order valence-corrected chi connectivity index (χ4v) is 2.93. The van der Waals surface area contributed by atoms with Gasteiger partial charge >= 0.3 is 0 Å². The Morgan fingerprint density at radius 3 is 3.18 bits per heavy atom. The summed E-state index contributed by atoms with van der Waals surface area (Å²) in [6.07, 6.45) is 3.93. The van der Waals surface area contributed by atoms with E-state index in [0.29, 0.717) is 6.04 Å². The minimum absolute atomic E-state index is 0.0518. The van der Waals surface area contributed by atoms with E-state index in [1.807, 2.05) is 16.8 Å². The van der Waals surface area contributed by atoms with Crippen molar-refractivity contribution in [2.75, 3.05) is 19.6 Å². The first kappa shape index (κ1) is 12.6. The van der Waals surface area contributed by atoms with E-state index in [1.165, 1.54) is 25.8 Å². The number of nitrogens with zero attached hydrogens (tertiary/aromatic N) is 1. The molecule has 4 heteroatoms. The minimum atomic E-state index is 0.0518. The van der Waals surface area contributed by atoms with Gasteiger partial charge in [-0.1, -0.05) is 6.42 Å². The van der Waals surface area contributed by atoms with Crippen LogP contribution in [0.4, 0.5) is 0 Å². The quantitative estimate of drug-likeness (QED) is 0.892. The van der Waals surface area contributed by atoms with Gasteiger partial charge in [0.1, 0.15) is 0 Å². The van der Waals surface area contributed by atoms with Crippen LogP contribution in [0.2, 0.25) is 0 Å². The van der Waals surface area contributed by atoms with E-state index >= 15 is 0 Å². The molecule has 1 aliphatic rings. The molecule has 94 valence electrons. The number of nitrogens with one attached hydrogen (secondary N) is 1. The van der Waals surface area contributed by atoms with E-state index in [-0.39, 0.29) is 5.91 Å². The van der Waals surface area contributed by atoms with Crippen LogP contribution >= 0.6 is 11.3 Å². The summed E-state index contributed by atoms with van der Waals surface area (Å²) in [5, 5.41) is 6.80. The molecule has 1 aromatic rings. The van der Waals surface area contributed by atoms with E-state index in [0.717, 1.165) is 18.7 Å². The molecule has 3 nitrogen and oxygen atoms in total. The van der Waals surface area contributed by atoms with Crippen LogP contribution in [0.5, 0.6) is 0 Å². The third-order valence-electron chi connectivity index (χ3n) is 3.41. The SMILES string of the molecule is C[C@H]1CCCCN1CCNC(=O)c1ccsc1. The zero-order valence-electron chi connectivity index (χ0n) is 10.3. The first-order valence-electron chi connectivity index (χ1n) is 6.32. The van der Waals surface area contributed by atoms with Gasteiger partial charge < -0.3 is 5.32 Å². The zero-order chi connectivity index (χ0) is 12.1. The van der Waals surface area contributed by atoms with Gasteiger partial charge in [0.2, 0.25) is 0 Å². The number of hydrogen-bond donors (Lipinski definition) is 1. The molecule has 1 aromatic heterocycles. The highest BCUT2D eigenvalue weighted by Crippen LogP contribution is 2.15. The molecule has 0 spiro atoms. The number of thiophene rings is 1. The van der Waals surface area contributed by atoms with Gasteiger partial charge in [0.25, 0.3) is 5.91 Å². The standard InChI is InChI=1S/C13H20N2OS/c1-11-4-2-3-7-15(11)8-6-14-13(16)12-5-9-17-10-12/h5,9-11H,2-4,6-8H2,1H3,(H,14,16)/t11-/m0/s1. The summed E-state index contributed by atoms with van der Waals surface area (Å²) in [6.45, 7) is 5.17. The molecule has 0 radical (unpaired) electrons. The van der Waals surface area contributed by atoms with Crippen LogP contribution in [-0.2, 0) is 0 Å². The van der Waals surface area contributed by atoms with Crippen molar-refractivity contribution in [3.8, 4) is 0 Å². The molecule has 2 heterocycles. The predicted molar refractivity (Wildman–Crippen MR) is 71.5 cm³/mol. The number of amides is 1. The number of piperidine rings is 1. The van der Waals surface area contributed by atoms with Gasteiger partial charge in [-0.05, 0) is 37.8 Å². The van der Waals surface area contributed by atoms with Crippen LogP contribution in [0.15, 0.2) is 16.8 Å². The molecule has 1 atom stereocenters. The molecule has 1 fully saturated rings. The van der Waals surface area contributed by atoms with Crippen molar-refractivity contribution in [1.29, 1.82) is 0 Å². The Morgan fingerprint density at radius 2 is 2.47 bits per heavy atom. The maximum Gasteiger partial charge on any atom is 0.252 e. The first-order valence-corrected chi connectivity index (χ1v) is 7.26. The lowest BCUT2D eigenvalue weighted by atomic mass is 10.0. The topological polar surface area (TPSA) is 32.3 Å². The van der Waals surface area contributed by atoms with Gasteiger partial charge in [-0.15, -0.1) is 0 Å². The van der Waals surface area contributed by atoms with Crippen LogP contribution in [0.25, 0.3) is 0 Å². The van der Waals surface area contributed by atoms with Gasteiger partial charge in [-0.25, -0.2) is 0 Å². The highest BCUT2D eigenvalue weighted by Gasteiger charge is 2.17. The Morgan fingerprint density at radius 1 is 1.59 bits per heavy atom. The summed E-state index contributed by atoms with van der Waals surface area (Å²) < 4.78 is 0. The molecular weight excluding hydrogens is 232 g/mol. The smallest absolute Gasteiger partial charge is 0.252 e. The van der Waals surface area contributed by atoms with Crippen molar-refractivity contribution in [3.05, 3.63) is 22.4 Å². The zero-order valence-corrected chi connectivity index (χ0v) is 11.1. The van der Waals surface area contributed by atoms with Crippen LogP contribution in [0.1, 0.15) is 36.5 Å². The Bertz CT molecular complexity index is 350. The predicted octanol–water partition coefficient (Wildman–Crippen LogP) is 2.35. The fraction of sp³-hybridized carbons (Fsp3) is 0.615. The monoisotopic (exact) mass is 252 g/mol. The molecule has 0 aliphatic carbocycles. The molecule has 0 unspecified atom stereocenters. The van der Waals surface area contributed by atoms with Gasteiger partial charge in [0, 0.05) is 30.1 Å². The average Bonchev–Trinajstić information content (AvgIpc) is 2.85. The van der Waals surface area contributed by atoms with E-state index in [1.54, 1.807) is 11.3 Å². The second kappa shape index (κ2) is 6.17. The fourth-order valence-electron chi connectivity index (χ4n) is 2.30. The summed E-state index contributed by atoms with van der Waals surface area (Å²) in [5.41, 5.74) is 0.779. The van der Waals surface area contributed by atoms with Crippen LogP contribution in [0.3, 0.4) is 0 Å². The lowest BCUT2D eigenvalue weighted by Crippen LogP contribution is -2.42. The van der Waals surface area contributed by atoms with Crippen molar-refractivity contribution in [2.24, 2.45) is 0 Å². The molecule has 0 saturated carbocycles. The maximum absolute atomic E-state index is 11.7. The molecule has 2 rings (SSSR count). The molecule has 0 aromatic carbocycles. The van der Waals surface area contributed by atoms with Crippen molar-refractivity contribution in [1.82, 2.24) is 10.2 Å². The maximum atomic E-state index is 11.7. The van der Waals surface area contributed by atoms with Gasteiger partial charge in [-0.3, -0.25) is 9.69 Å². The van der Waals surface area contributed by atoms with E-state index < -0.39 is 0 Å². The third kappa shape index (κ3) is 3.54. The summed E-state index contributed by atoms with van der Waals surface area (Å²) in [5.74, 6) is 0.0518. The van der Waals surface area contributed by atoms with Gasteiger partial charge in [-0.2, -0.15) is 11.3 Å². The molecule has 1 amide bonds. The molecular formula is C13H20N2OS. The lowest BCUT2D eigenvalue weighted by Gasteiger charge is -2.33. The number of carbonyl (C=O) groups excluding carboxylic acids is 1. The molecule has 1 aliphatic heterocycles. The number of rotatable bonds is 4. The van der Waals surface area contributed by atoms with Crippen LogP contribution < -0.4 is 5.32 Å². The summed E-state index contributed by atoms with van der Waals surface area (Å²) in [4.78, 5) is 14.2. The van der Waals surface area contributed by atoms with E-state index in [2.05, 4.69) is 17.1 Å². The first-order chi connectivity index (χ1) is 8.27. The van der Waals surface area contributed by atoms with Crippen molar-refractivity contribution < 1.29 is 4.79 Å². The largest absolute Gasteiger partial charge is 0.351 e. The van der Waals surface area contributed by atoms with Gasteiger partial charge in [0.05, 0.1) is 0 Å². The van der Waals surface area contributed by atoms with Crippen LogP contribution in [-0.4, -0.2) is 36.5 Å². The Kier molecular flexibility index (Phi) is 4.57. The number of hydrogen-bond acceptors (Lipinski definition) is 3. The minimum Gasteiger partial charge on any atom is -0.351 e. The Balaban J connectivity index is 1.70.